The molecule has 0 bridgehead atoms. The normalized spacial score (nSPS) is 14.0. The predicted octanol–water partition coefficient (Wildman–Crippen LogP) is 1.04. The standard InChI is InChI=1S/C15H21N3O3.ClH/c1-12(19)18(11-15(20)21-2)14-5-3-13(4-6-14)17-9-7-16-8-10-17;/h3-6,16H,7-11H2,1-2H3;1H. The van der Waals surface area contributed by atoms with Gasteiger partial charge in [0.05, 0.1) is 7.11 Å². The highest BCUT2D eigenvalue weighted by Gasteiger charge is 2.17. The van der Waals surface area contributed by atoms with E-state index in [1.807, 2.05) is 24.3 Å². The molecule has 1 N–H and O–H groups in total. The summed E-state index contributed by atoms with van der Waals surface area (Å²) in [4.78, 5) is 26.8. The molecular formula is C15H22ClN3O3. The number of carbonyl (C=O) groups is 2. The van der Waals surface area contributed by atoms with E-state index in [2.05, 4.69) is 15.0 Å². The molecule has 0 spiro atoms. The van der Waals surface area contributed by atoms with Crippen molar-refractivity contribution in [1.29, 1.82) is 0 Å². The van der Waals surface area contributed by atoms with Crippen molar-refractivity contribution >= 4 is 35.7 Å². The van der Waals surface area contributed by atoms with E-state index in [1.165, 1.54) is 18.9 Å². The summed E-state index contributed by atoms with van der Waals surface area (Å²) in [5, 5.41) is 3.31. The summed E-state index contributed by atoms with van der Waals surface area (Å²) in [6, 6.07) is 7.69. The third-order valence-corrected chi connectivity index (χ3v) is 3.54. The van der Waals surface area contributed by atoms with Gasteiger partial charge in [-0.3, -0.25) is 9.59 Å². The highest BCUT2D eigenvalue weighted by Crippen LogP contribution is 2.21. The fourth-order valence-corrected chi connectivity index (χ4v) is 2.34. The molecule has 0 radical (unpaired) electrons. The van der Waals surface area contributed by atoms with Crippen molar-refractivity contribution in [2.75, 3.05) is 49.6 Å². The molecule has 1 aliphatic rings. The molecule has 1 aromatic carbocycles. The van der Waals surface area contributed by atoms with Crippen LogP contribution in [0.2, 0.25) is 0 Å². The highest BCUT2D eigenvalue weighted by molar-refractivity contribution is 5.96. The molecule has 0 aliphatic carbocycles. The number of hydrogen-bond acceptors (Lipinski definition) is 5. The number of benzene rings is 1. The Bertz CT molecular complexity index is 501. The van der Waals surface area contributed by atoms with E-state index in [4.69, 9.17) is 0 Å². The summed E-state index contributed by atoms with van der Waals surface area (Å²) < 4.78 is 4.62. The van der Waals surface area contributed by atoms with Gasteiger partial charge in [-0.1, -0.05) is 0 Å². The Balaban J connectivity index is 0.00000242. The number of methoxy groups -OCH3 is 1. The van der Waals surface area contributed by atoms with Crippen LogP contribution in [0, 0.1) is 0 Å². The highest BCUT2D eigenvalue weighted by atomic mass is 35.5. The number of ether oxygens (including phenoxy) is 1. The van der Waals surface area contributed by atoms with Crippen molar-refractivity contribution < 1.29 is 14.3 Å². The van der Waals surface area contributed by atoms with Crippen LogP contribution in [0.3, 0.4) is 0 Å². The Morgan fingerprint density at radius 3 is 2.32 bits per heavy atom. The quantitative estimate of drug-likeness (QED) is 0.837. The van der Waals surface area contributed by atoms with E-state index in [-0.39, 0.29) is 24.9 Å². The number of piperazine rings is 1. The molecule has 0 atom stereocenters. The van der Waals surface area contributed by atoms with Gasteiger partial charge in [0, 0.05) is 44.5 Å². The predicted molar refractivity (Wildman–Crippen MR) is 88.8 cm³/mol. The Hall–Kier alpha value is -1.79. The summed E-state index contributed by atoms with van der Waals surface area (Å²) >= 11 is 0. The number of hydrogen-bond donors (Lipinski definition) is 1. The van der Waals surface area contributed by atoms with Crippen molar-refractivity contribution in [1.82, 2.24) is 5.32 Å². The van der Waals surface area contributed by atoms with Crippen LogP contribution >= 0.6 is 12.4 Å². The summed E-state index contributed by atoms with van der Waals surface area (Å²) in [7, 11) is 1.31. The molecule has 1 amide bonds. The minimum atomic E-state index is -0.434. The number of esters is 1. The zero-order chi connectivity index (χ0) is 15.2. The second kappa shape index (κ2) is 8.60. The number of rotatable bonds is 4. The average molecular weight is 328 g/mol. The van der Waals surface area contributed by atoms with Crippen LogP contribution in [0.15, 0.2) is 24.3 Å². The lowest BCUT2D eigenvalue weighted by Crippen LogP contribution is -2.43. The first kappa shape index (κ1) is 18.3. The molecule has 0 unspecified atom stereocenters. The monoisotopic (exact) mass is 327 g/mol. The van der Waals surface area contributed by atoms with Crippen LogP contribution in [-0.4, -0.2) is 51.7 Å². The van der Waals surface area contributed by atoms with Crippen molar-refractivity contribution in [2.24, 2.45) is 0 Å². The van der Waals surface area contributed by atoms with Crippen molar-refractivity contribution in [3.05, 3.63) is 24.3 Å². The first-order valence-electron chi connectivity index (χ1n) is 7.02. The molecule has 122 valence electrons. The van der Waals surface area contributed by atoms with E-state index in [0.717, 1.165) is 31.9 Å². The zero-order valence-electron chi connectivity index (χ0n) is 12.9. The Kier molecular flexibility index (Phi) is 7.14. The van der Waals surface area contributed by atoms with Gasteiger partial charge in [-0.2, -0.15) is 0 Å². The van der Waals surface area contributed by atoms with Gasteiger partial charge in [0.15, 0.2) is 0 Å². The van der Waals surface area contributed by atoms with Crippen LogP contribution in [0.25, 0.3) is 0 Å². The smallest absolute Gasteiger partial charge is 0.325 e. The maximum absolute atomic E-state index is 11.7. The van der Waals surface area contributed by atoms with Gasteiger partial charge in [-0.15, -0.1) is 12.4 Å². The lowest BCUT2D eigenvalue weighted by molar-refractivity contribution is -0.139. The largest absolute Gasteiger partial charge is 0.468 e. The lowest BCUT2D eigenvalue weighted by atomic mass is 10.2. The Morgan fingerprint density at radius 2 is 1.82 bits per heavy atom. The maximum Gasteiger partial charge on any atom is 0.325 e. The summed E-state index contributed by atoms with van der Waals surface area (Å²) in [5.41, 5.74) is 1.83. The molecule has 7 heteroatoms. The number of nitrogens with one attached hydrogen (secondary N) is 1. The summed E-state index contributed by atoms with van der Waals surface area (Å²) in [5.74, 6) is -0.619. The van der Waals surface area contributed by atoms with Gasteiger partial charge in [0.25, 0.3) is 0 Å². The third-order valence-electron chi connectivity index (χ3n) is 3.54. The molecule has 6 nitrogen and oxygen atoms in total. The van der Waals surface area contributed by atoms with Crippen LogP contribution in [0.4, 0.5) is 11.4 Å². The van der Waals surface area contributed by atoms with E-state index in [1.54, 1.807) is 0 Å². The van der Waals surface area contributed by atoms with Gasteiger partial charge in [-0.05, 0) is 24.3 Å². The van der Waals surface area contributed by atoms with Crippen molar-refractivity contribution in [2.45, 2.75) is 6.92 Å². The fraction of sp³-hybridized carbons (Fsp3) is 0.467. The van der Waals surface area contributed by atoms with Crippen LogP contribution in [-0.2, 0) is 14.3 Å². The Morgan fingerprint density at radius 1 is 1.23 bits per heavy atom. The molecule has 1 heterocycles. The number of anilines is 2. The minimum Gasteiger partial charge on any atom is -0.468 e. The van der Waals surface area contributed by atoms with E-state index < -0.39 is 5.97 Å². The fourth-order valence-electron chi connectivity index (χ4n) is 2.34. The topological polar surface area (TPSA) is 61.9 Å². The zero-order valence-corrected chi connectivity index (χ0v) is 13.7. The van der Waals surface area contributed by atoms with E-state index >= 15 is 0 Å². The number of halogens is 1. The van der Waals surface area contributed by atoms with Gasteiger partial charge >= 0.3 is 5.97 Å². The lowest BCUT2D eigenvalue weighted by Gasteiger charge is -2.30. The molecule has 1 aromatic rings. The first-order chi connectivity index (χ1) is 10.1. The van der Waals surface area contributed by atoms with Gasteiger partial charge in [0.1, 0.15) is 6.54 Å². The molecule has 0 saturated carbocycles. The van der Waals surface area contributed by atoms with Crippen LogP contribution in [0.5, 0.6) is 0 Å². The number of amides is 1. The Labute approximate surface area is 136 Å². The van der Waals surface area contributed by atoms with Crippen molar-refractivity contribution in [3.63, 3.8) is 0 Å². The first-order valence-corrected chi connectivity index (χ1v) is 7.02. The van der Waals surface area contributed by atoms with Gasteiger partial charge in [0.2, 0.25) is 5.91 Å². The number of nitrogens with zero attached hydrogens (tertiary/aromatic N) is 2. The van der Waals surface area contributed by atoms with E-state index in [0.29, 0.717) is 5.69 Å². The maximum atomic E-state index is 11.7. The second-order valence-electron chi connectivity index (χ2n) is 4.93. The summed E-state index contributed by atoms with van der Waals surface area (Å²) in [6.45, 7) is 5.26. The SMILES string of the molecule is COC(=O)CN(C(C)=O)c1ccc(N2CCNCC2)cc1.Cl. The van der Waals surface area contributed by atoms with E-state index in [9.17, 15) is 9.59 Å². The number of carbonyl (C=O) groups excluding carboxylic acids is 2. The summed E-state index contributed by atoms with van der Waals surface area (Å²) in [6.07, 6.45) is 0. The van der Waals surface area contributed by atoms with Crippen molar-refractivity contribution in [3.8, 4) is 0 Å². The average Bonchev–Trinajstić information content (AvgIpc) is 2.53. The molecule has 0 aromatic heterocycles. The molecule has 1 saturated heterocycles. The second-order valence-corrected chi connectivity index (χ2v) is 4.93. The van der Waals surface area contributed by atoms with Crippen LogP contribution in [0.1, 0.15) is 6.92 Å². The van der Waals surface area contributed by atoms with Gasteiger partial charge < -0.3 is 19.9 Å². The molecule has 1 aliphatic heterocycles. The molecule has 1 fully saturated rings. The minimum absolute atomic E-state index is 0. The van der Waals surface area contributed by atoms with Gasteiger partial charge in [-0.25, -0.2) is 0 Å². The third kappa shape index (κ3) is 4.61. The molecular weight excluding hydrogens is 306 g/mol. The van der Waals surface area contributed by atoms with Crippen LogP contribution < -0.4 is 15.1 Å². The molecule has 22 heavy (non-hydrogen) atoms. The molecule has 2 rings (SSSR count).